The summed E-state index contributed by atoms with van der Waals surface area (Å²) in [7, 11) is 0. The summed E-state index contributed by atoms with van der Waals surface area (Å²) in [5, 5.41) is 12.3. The zero-order valence-corrected chi connectivity index (χ0v) is 12.1. The van der Waals surface area contributed by atoms with E-state index in [1.165, 1.54) is 17.3 Å². The standard InChI is InChI=1S/C14H19NO2S/c1-5-12(15(16)17)10-18-13-8-6-11(7-9-13)14(2,3)4/h6-10H,5H2,1-4H3. The molecule has 0 unspecified atom stereocenters. The molecule has 0 aliphatic carbocycles. The molecule has 4 heteroatoms. The summed E-state index contributed by atoms with van der Waals surface area (Å²) in [6.45, 7) is 8.28. The van der Waals surface area contributed by atoms with E-state index in [-0.39, 0.29) is 16.0 Å². The molecule has 0 amide bonds. The molecule has 0 saturated carbocycles. The summed E-state index contributed by atoms with van der Waals surface area (Å²) in [6.07, 6.45) is 0.445. The molecule has 1 aromatic carbocycles. The van der Waals surface area contributed by atoms with Crippen LogP contribution < -0.4 is 0 Å². The summed E-state index contributed by atoms with van der Waals surface area (Å²) in [5.41, 5.74) is 1.65. The minimum atomic E-state index is -0.323. The first-order valence-electron chi connectivity index (χ1n) is 5.95. The lowest BCUT2D eigenvalue weighted by molar-refractivity contribution is -0.427. The molecule has 0 N–H and O–H groups in total. The number of hydrogen-bond acceptors (Lipinski definition) is 3. The van der Waals surface area contributed by atoms with Gasteiger partial charge in [-0.15, -0.1) is 0 Å². The number of rotatable bonds is 4. The Kier molecular flexibility index (Phi) is 4.96. The fourth-order valence-electron chi connectivity index (χ4n) is 1.43. The van der Waals surface area contributed by atoms with Gasteiger partial charge in [0.1, 0.15) is 0 Å². The SMILES string of the molecule is CCC(=CSc1ccc(C(C)(C)C)cc1)[N+](=O)[O-]. The monoisotopic (exact) mass is 265 g/mol. The normalized spacial score (nSPS) is 12.6. The van der Waals surface area contributed by atoms with Gasteiger partial charge in [0.2, 0.25) is 0 Å². The molecule has 0 fully saturated rings. The van der Waals surface area contributed by atoms with Crippen LogP contribution in [0.1, 0.15) is 39.7 Å². The molecule has 18 heavy (non-hydrogen) atoms. The van der Waals surface area contributed by atoms with Crippen molar-refractivity contribution in [1.82, 2.24) is 0 Å². The molecule has 98 valence electrons. The number of benzene rings is 1. The Bertz CT molecular complexity index is 444. The van der Waals surface area contributed by atoms with Gasteiger partial charge in [0, 0.05) is 16.7 Å². The topological polar surface area (TPSA) is 43.1 Å². The van der Waals surface area contributed by atoms with Crippen LogP contribution in [-0.2, 0) is 5.41 Å². The lowest BCUT2D eigenvalue weighted by Crippen LogP contribution is -2.10. The molecule has 0 spiro atoms. The molecule has 3 nitrogen and oxygen atoms in total. The van der Waals surface area contributed by atoms with Crippen molar-refractivity contribution in [1.29, 1.82) is 0 Å². The molecule has 0 atom stereocenters. The highest BCUT2D eigenvalue weighted by atomic mass is 32.2. The van der Waals surface area contributed by atoms with Crippen LogP contribution in [-0.4, -0.2) is 4.92 Å². The third-order valence-corrected chi connectivity index (χ3v) is 3.58. The number of allylic oxidation sites excluding steroid dienone is 1. The summed E-state index contributed by atoms with van der Waals surface area (Å²) >= 11 is 1.40. The van der Waals surface area contributed by atoms with Gasteiger partial charge < -0.3 is 0 Å². The highest BCUT2D eigenvalue weighted by Crippen LogP contribution is 2.27. The van der Waals surface area contributed by atoms with Gasteiger partial charge in [-0.2, -0.15) is 0 Å². The largest absolute Gasteiger partial charge is 0.259 e. The minimum Gasteiger partial charge on any atom is -0.259 e. The highest BCUT2D eigenvalue weighted by Gasteiger charge is 2.13. The van der Waals surface area contributed by atoms with Crippen molar-refractivity contribution in [3.8, 4) is 0 Å². The zero-order chi connectivity index (χ0) is 13.8. The van der Waals surface area contributed by atoms with Crippen LogP contribution in [0, 0.1) is 10.1 Å². The molecule has 0 heterocycles. The van der Waals surface area contributed by atoms with Crippen molar-refractivity contribution >= 4 is 11.8 Å². The van der Waals surface area contributed by atoms with Crippen LogP contribution in [0.25, 0.3) is 0 Å². The smallest absolute Gasteiger partial charge is 0.252 e. The molecule has 0 saturated heterocycles. The maximum absolute atomic E-state index is 10.7. The number of hydrogen-bond donors (Lipinski definition) is 0. The lowest BCUT2D eigenvalue weighted by Gasteiger charge is -2.18. The van der Waals surface area contributed by atoms with Gasteiger partial charge in [-0.1, -0.05) is 51.6 Å². The number of nitrogens with zero attached hydrogens (tertiary/aromatic N) is 1. The second-order valence-electron chi connectivity index (χ2n) is 5.11. The van der Waals surface area contributed by atoms with Crippen LogP contribution in [0.2, 0.25) is 0 Å². The van der Waals surface area contributed by atoms with Gasteiger partial charge in [-0.3, -0.25) is 10.1 Å². The lowest BCUT2D eigenvalue weighted by atomic mass is 9.87. The Morgan fingerprint density at radius 1 is 1.33 bits per heavy atom. The van der Waals surface area contributed by atoms with Crippen molar-refractivity contribution in [2.45, 2.75) is 44.4 Å². The van der Waals surface area contributed by atoms with Crippen molar-refractivity contribution < 1.29 is 4.92 Å². The molecule has 0 aromatic heterocycles. The van der Waals surface area contributed by atoms with Crippen molar-refractivity contribution in [2.24, 2.45) is 0 Å². The van der Waals surface area contributed by atoms with E-state index >= 15 is 0 Å². The van der Waals surface area contributed by atoms with E-state index in [9.17, 15) is 10.1 Å². The van der Waals surface area contributed by atoms with E-state index in [4.69, 9.17) is 0 Å². The highest BCUT2D eigenvalue weighted by molar-refractivity contribution is 8.02. The van der Waals surface area contributed by atoms with E-state index in [2.05, 4.69) is 32.9 Å². The van der Waals surface area contributed by atoms with Crippen molar-refractivity contribution in [2.75, 3.05) is 0 Å². The zero-order valence-electron chi connectivity index (χ0n) is 11.3. The van der Waals surface area contributed by atoms with Crippen LogP contribution >= 0.6 is 11.8 Å². The Morgan fingerprint density at radius 2 is 1.89 bits per heavy atom. The number of nitro groups is 1. The van der Waals surface area contributed by atoms with Gasteiger partial charge in [0.15, 0.2) is 0 Å². The summed E-state index contributed by atoms with van der Waals surface area (Å²) in [6, 6.07) is 8.17. The predicted octanol–water partition coefficient (Wildman–Crippen LogP) is 4.60. The Hall–Kier alpha value is -1.29. The van der Waals surface area contributed by atoms with E-state index < -0.39 is 0 Å². The first-order chi connectivity index (χ1) is 8.34. The van der Waals surface area contributed by atoms with E-state index in [1.54, 1.807) is 12.3 Å². The molecule has 1 rings (SSSR count). The van der Waals surface area contributed by atoms with E-state index in [0.29, 0.717) is 6.42 Å². The van der Waals surface area contributed by atoms with Gasteiger partial charge in [-0.05, 0) is 23.1 Å². The van der Waals surface area contributed by atoms with Crippen LogP contribution in [0.5, 0.6) is 0 Å². The third-order valence-electron chi connectivity index (χ3n) is 2.65. The second-order valence-corrected chi connectivity index (χ2v) is 6.05. The fraction of sp³-hybridized carbons (Fsp3) is 0.429. The second kappa shape index (κ2) is 6.05. The van der Waals surface area contributed by atoms with Crippen molar-refractivity contribution in [3.05, 3.63) is 51.0 Å². The quantitative estimate of drug-likeness (QED) is 0.454. The van der Waals surface area contributed by atoms with Gasteiger partial charge in [-0.25, -0.2) is 0 Å². The maximum atomic E-state index is 10.7. The maximum Gasteiger partial charge on any atom is 0.252 e. The van der Waals surface area contributed by atoms with E-state index in [0.717, 1.165) is 4.90 Å². The predicted molar refractivity (Wildman–Crippen MR) is 76.4 cm³/mol. The molecule has 0 radical (unpaired) electrons. The minimum absolute atomic E-state index is 0.133. The molecule has 0 aliphatic heterocycles. The molecule has 1 aromatic rings. The molecule has 0 bridgehead atoms. The van der Waals surface area contributed by atoms with Crippen LogP contribution in [0.15, 0.2) is 40.3 Å². The van der Waals surface area contributed by atoms with E-state index in [1.807, 2.05) is 12.1 Å². The summed E-state index contributed by atoms with van der Waals surface area (Å²) in [5.74, 6) is 0. The molecular weight excluding hydrogens is 246 g/mol. The van der Waals surface area contributed by atoms with Gasteiger partial charge in [0.25, 0.3) is 5.70 Å². The average molecular weight is 265 g/mol. The summed E-state index contributed by atoms with van der Waals surface area (Å²) in [4.78, 5) is 11.4. The van der Waals surface area contributed by atoms with Crippen LogP contribution in [0.3, 0.4) is 0 Å². The first-order valence-corrected chi connectivity index (χ1v) is 6.83. The van der Waals surface area contributed by atoms with Gasteiger partial charge in [0.05, 0.1) is 4.92 Å². The average Bonchev–Trinajstić information content (AvgIpc) is 2.29. The summed E-state index contributed by atoms with van der Waals surface area (Å²) < 4.78 is 0. The Morgan fingerprint density at radius 3 is 2.28 bits per heavy atom. The Balaban J connectivity index is 2.79. The third kappa shape index (κ3) is 4.18. The molecular formula is C14H19NO2S. The fourth-order valence-corrected chi connectivity index (χ4v) is 2.24. The van der Waals surface area contributed by atoms with Crippen LogP contribution in [0.4, 0.5) is 0 Å². The number of thioether (sulfide) groups is 1. The van der Waals surface area contributed by atoms with Crippen molar-refractivity contribution in [3.63, 3.8) is 0 Å². The first kappa shape index (κ1) is 14.8. The molecule has 0 aliphatic rings. The Labute approximate surface area is 112 Å². The van der Waals surface area contributed by atoms with Gasteiger partial charge >= 0.3 is 0 Å².